The lowest BCUT2D eigenvalue weighted by molar-refractivity contribution is 0.0696. The Balaban J connectivity index is 2.19. The van der Waals surface area contributed by atoms with Crippen LogP contribution in [0.1, 0.15) is 24.2 Å². The van der Waals surface area contributed by atoms with E-state index in [9.17, 15) is 4.79 Å². The van der Waals surface area contributed by atoms with Gasteiger partial charge in [-0.1, -0.05) is 0 Å². The molecule has 0 aliphatic heterocycles. The first-order valence-corrected chi connectivity index (χ1v) is 5.88. The van der Waals surface area contributed by atoms with Crippen molar-refractivity contribution in [3.63, 3.8) is 0 Å². The summed E-state index contributed by atoms with van der Waals surface area (Å²) in [5, 5.41) is 8.77. The number of aromatic carboxylic acids is 1. The van der Waals surface area contributed by atoms with E-state index in [1.807, 2.05) is 38.1 Å². The number of carbonyl (C=O) groups is 1. The summed E-state index contributed by atoms with van der Waals surface area (Å²) in [7, 11) is 0. The van der Waals surface area contributed by atoms with Gasteiger partial charge in [-0.2, -0.15) is 0 Å². The highest BCUT2D eigenvalue weighted by Crippen LogP contribution is 2.19. The molecule has 0 aliphatic carbocycles. The van der Waals surface area contributed by atoms with Crippen LogP contribution >= 0.6 is 0 Å². The maximum Gasteiger partial charge on any atom is 0.338 e. The molecule has 1 heterocycles. The number of carboxylic acid groups (broad SMARTS) is 1. The summed E-state index contributed by atoms with van der Waals surface area (Å²) >= 11 is 0. The fraction of sp³-hybridized carbons (Fsp3) is 0.214. The number of aromatic nitrogens is 2. The first-order chi connectivity index (χ1) is 9.06. The van der Waals surface area contributed by atoms with Gasteiger partial charge in [-0.25, -0.2) is 14.8 Å². The van der Waals surface area contributed by atoms with Crippen molar-refractivity contribution in [3.05, 3.63) is 42.2 Å². The van der Waals surface area contributed by atoms with Crippen LogP contribution in [0.2, 0.25) is 0 Å². The molecule has 2 rings (SSSR count). The quantitative estimate of drug-likeness (QED) is 0.912. The predicted octanol–water partition coefficient (Wildman–Crippen LogP) is 2.63. The molecular weight excluding hydrogens is 244 g/mol. The number of hydrogen-bond donors (Lipinski definition) is 1. The Kier molecular flexibility index (Phi) is 3.75. The minimum atomic E-state index is -1.03. The van der Waals surface area contributed by atoms with Crippen LogP contribution in [0.5, 0.6) is 5.75 Å². The third-order valence-electron chi connectivity index (χ3n) is 2.38. The van der Waals surface area contributed by atoms with Crippen molar-refractivity contribution < 1.29 is 14.6 Å². The van der Waals surface area contributed by atoms with E-state index in [0.29, 0.717) is 5.82 Å². The van der Waals surface area contributed by atoms with Gasteiger partial charge in [-0.3, -0.25) is 0 Å². The standard InChI is InChI=1S/C14H14N2O3/c1-9(2)19-12-5-3-10(4-6-12)13-15-7-11(8-16-13)14(17)18/h3-9H,1-2H3,(H,17,18). The molecular formula is C14H14N2O3. The van der Waals surface area contributed by atoms with Gasteiger partial charge in [-0.15, -0.1) is 0 Å². The highest BCUT2D eigenvalue weighted by Gasteiger charge is 2.06. The highest BCUT2D eigenvalue weighted by atomic mass is 16.5. The second kappa shape index (κ2) is 5.48. The molecule has 0 saturated carbocycles. The minimum Gasteiger partial charge on any atom is -0.491 e. The third kappa shape index (κ3) is 3.28. The van der Waals surface area contributed by atoms with E-state index in [1.54, 1.807) is 0 Å². The molecule has 0 aliphatic rings. The van der Waals surface area contributed by atoms with Crippen molar-refractivity contribution in [2.24, 2.45) is 0 Å². The smallest absolute Gasteiger partial charge is 0.338 e. The van der Waals surface area contributed by atoms with Gasteiger partial charge < -0.3 is 9.84 Å². The van der Waals surface area contributed by atoms with Crippen LogP contribution in [-0.4, -0.2) is 27.1 Å². The summed E-state index contributed by atoms with van der Waals surface area (Å²) in [5.74, 6) is 0.231. The molecule has 0 unspecified atom stereocenters. The molecule has 5 nitrogen and oxygen atoms in total. The zero-order chi connectivity index (χ0) is 13.8. The number of nitrogens with zero attached hydrogens (tertiary/aromatic N) is 2. The second-order valence-electron chi connectivity index (χ2n) is 4.29. The van der Waals surface area contributed by atoms with Gasteiger partial charge in [0.1, 0.15) is 5.75 Å². The maximum atomic E-state index is 10.7. The molecule has 1 aromatic carbocycles. The van der Waals surface area contributed by atoms with Crippen molar-refractivity contribution in [3.8, 4) is 17.1 Å². The Morgan fingerprint density at radius 2 is 1.74 bits per heavy atom. The molecule has 5 heteroatoms. The molecule has 0 radical (unpaired) electrons. The van der Waals surface area contributed by atoms with Crippen molar-refractivity contribution in [2.45, 2.75) is 20.0 Å². The van der Waals surface area contributed by atoms with E-state index in [1.165, 1.54) is 12.4 Å². The van der Waals surface area contributed by atoms with Gasteiger partial charge in [0.25, 0.3) is 0 Å². The van der Waals surface area contributed by atoms with Crippen LogP contribution < -0.4 is 4.74 Å². The Bertz CT molecular complexity index is 562. The van der Waals surface area contributed by atoms with E-state index in [2.05, 4.69) is 9.97 Å². The number of rotatable bonds is 4. The van der Waals surface area contributed by atoms with Crippen LogP contribution in [0, 0.1) is 0 Å². The average Bonchev–Trinajstić information content (AvgIpc) is 2.39. The Morgan fingerprint density at radius 3 is 2.21 bits per heavy atom. The zero-order valence-corrected chi connectivity index (χ0v) is 10.7. The summed E-state index contributed by atoms with van der Waals surface area (Å²) in [6, 6.07) is 7.36. The van der Waals surface area contributed by atoms with E-state index in [4.69, 9.17) is 9.84 Å². The summed E-state index contributed by atoms with van der Waals surface area (Å²) in [4.78, 5) is 18.8. The number of ether oxygens (including phenoxy) is 1. The Morgan fingerprint density at radius 1 is 1.16 bits per heavy atom. The van der Waals surface area contributed by atoms with Gasteiger partial charge in [0.15, 0.2) is 5.82 Å². The molecule has 0 bridgehead atoms. The molecule has 19 heavy (non-hydrogen) atoms. The zero-order valence-electron chi connectivity index (χ0n) is 10.7. The molecule has 0 atom stereocenters. The van der Waals surface area contributed by atoms with Gasteiger partial charge in [0.05, 0.1) is 11.7 Å². The van der Waals surface area contributed by atoms with Gasteiger partial charge >= 0.3 is 5.97 Å². The molecule has 2 aromatic rings. The van der Waals surface area contributed by atoms with Crippen molar-refractivity contribution >= 4 is 5.97 Å². The third-order valence-corrected chi connectivity index (χ3v) is 2.38. The van der Waals surface area contributed by atoms with Crippen molar-refractivity contribution in [2.75, 3.05) is 0 Å². The monoisotopic (exact) mass is 258 g/mol. The van der Waals surface area contributed by atoms with Crippen molar-refractivity contribution in [1.29, 1.82) is 0 Å². The predicted molar refractivity (Wildman–Crippen MR) is 70.2 cm³/mol. The Labute approximate surface area is 110 Å². The van der Waals surface area contributed by atoms with Gasteiger partial charge in [0, 0.05) is 18.0 Å². The van der Waals surface area contributed by atoms with E-state index in [0.717, 1.165) is 11.3 Å². The molecule has 0 fully saturated rings. The number of carboxylic acids is 1. The molecule has 0 amide bonds. The molecule has 0 saturated heterocycles. The normalized spacial score (nSPS) is 10.5. The molecule has 98 valence electrons. The lowest BCUT2D eigenvalue weighted by atomic mass is 10.2. The lowest BCUT2D eigenvalue weighted by Crippen LogP contribution is -2.05. The molecule has 1 N–H and O–H groups in total. The Hall–Kier alpha value is -2.43. The van der Waals surface area contributed by atoms with Crippen LogP contribution in [0.25, 0.3) is 11.4 Å². The van der Waals surface area contributed by atoms with E-state index in [-0.39, 0.29) is 11.7 Å². The van der Waals surface area contributed by atoms with E-state index < -0.39 is 5.97 Å². The first-order valence-electron chi connectivity index (χ1n) is 5.88. The first kappa shape index (κ1) is 13.0. The van der Waals surface area contributed by atoms with Gasteiger partial charge in [0.2, 0.25) is 0 Å². The average molecular weight is 258 g/mol. The van der Waals surface area contributed by atoms with Gasteiger partial charge in [-0.05, 0) is 38.1 Å². The summed E-state index contributed by atoms with van der Waals surface area (Å²) in [6.45, 7) is 3.92. The highest BCUT2D eigenvalue weighted by molar-refractivity contribution is 5.86. The number of hydrogen-bond acceptors (Lipinski definition) is 4. The number of benzene rings is 1. The molecule has 0 spiro atoms. The summed E-state index contributed by atoms with van der Waals surface area (Å²) in [5.41, 5.74) is 0.886. The largest absolute Gasteiger partial charge is 0.491 e. The fourth-order valence-corrected chi connectivity index (χ4v) is 1.54. The van der Waals surface area contributed by atoms with Crippen LogP contribution in [0.3, 0.4) is 0 Å². The summed E-state index contributed by atoms with van der Waals surface area (Å²) < 4.78 is 5.54. The van der Waals surface area contributed by atoms with Crippen LogP contribution in [0.4, 0.5) is 0 Å². The lowest BCUT2D eigenvalue weighted by Gasteiger charge is -2.09. The summed E-state index contributed by atoms with van der Waals surface area (Å²) in [6.07, 6.45) is 2.71. The SMILES string of the molecule is CC(C)Oc1ccc(-c2ncc(C(=O)O)cn2)cc1. The molecule has 1 aromatic heterocycles. The van der Waals surface area contributed by atoms with Crippen molar-refractivity contribution in [1.82, 2.24) is 9.97 Å². The maximum absolute atomic E-state index is 10.7. The topological polar surface area (TPSA) is 72.3 Å². The second-order valence-corrected chi connectivity index (χ2v) is 4.29. The van der Waals surface area contributed by atoms with Crippen LogP contribution in [0.15, 0.2) is 36.7 Å². The fourth-order valence-electron chi connectivity index (χ4n) is 1.54. The van der Waals surface area contributed by atoms with E-state index >= 15 is 0 Å². The van der Waals surface area contributed by atoms with Crippen LogP contribution in [-0.2, 0) is 0 Å². The minimum absolute atomic E-state index is 0.0727.